The van der Waals surface area contributed by atoms with Crippen molar-refractivity contribution >= 4 is 22.7 Å². The Labute approximate surface area is 156 Å². The molecule has 0 aliphatic rings. The number of benzene rings is 2. The third kappa shape index (κ3) is 5.01. The van der Waals surface area contributed by atoms with Crippen LogP contribution in [0.1, 0.15) is 42.7 Å². The van der Waals surface area contributed by atoms with Crippen molar-refractivity contribution in [2.24, 2.45) is 0 Å². The Bertz CT molecular complexity index is 837. The molecule has 5 nitrogen and oxygen atoms in total. The monoisotopic (exact) mass is 370 g/mol. The summed E-state index contributed by atoms with van der Waals surface area (Å²) in [6.45, 7) is 5.37. The highest BCUT2D eigenvalue weighted by Crippen LogP contribution is 2.23. The first-order valence-corrected chi connectivity index (χ1v) is 9.40. The molecular weight excluding hydrogens is 348 g/mol. The van der Waals surface area contributed by atoms with Crippen molar-refractivity contribution in [3.8, 4) is 6.07 Å². The highest BCUT2D eigenvalue weighted by Gasteiger charge is 2.19. The molecule has 2 aromatic carbocycles. The minimum absolute atomic E-state index is 0.149. The third-order valence-corrected chi connectivity index (χ3v) is 5.16. The first-order chi connectivity index (χ1) is 12.2. The Morgan fingerprint density at radius 2 is 1.77 bits per heavy atom. The van der Waals surface area contributed by atoms with Crippen molar-refractivity contribution in [3.63, 3.8) is 0 Å². The molecule has 0 aliphatic heterocycles. The van der Waals surface area contributed by atoms with Crippen LogP contribution in [0.25, 0.3) is 0 Å². The van der Waals surface area contributed by atoms with Gasteiger partial charge in [-0.1, -0.05) is 36.4 Å². The molecule has 1 amide bonds. The molecule has 2 rings (SSSR count). The lowest BCUT2D eigenvalue weighted by molar-refractivity contribution is -0.115. The van der Waals surface area contributed by atoms with Gasteiger partial charge >= 0.3 is 0 Å². The summed E-state index contributed by atoms with van der Waals surface area (Å²) >= 11 is -1.91. The molecule has 2 atom stereocenters. The van der Waals surface area contributed by atoms with E-state index in [9.17, 15) is 9.00 Å². The van der Waals surface area contributed by atoms with Crippen LogP contribution in [-0.2, 0) is 27.7 Å². The molecule has 0 bridgehead atoms. The number of amides is 1. The van der Waals surface area contributed by atoms with Crippen molar-refractivity contribution < 1.29 is 13.6 Å². The van der Waals surface area contributed by atoms with Gasteiger partial charge in [0.05, 0.1) is 23.2 Å². The zero-order valence-electron chi connectivity index (χ0n) is 15.0. The summed E-state index contributed by atoms with van der Waals surface area (Å²) in [6.07, 6.45) is 0.211. The number of rotatable bonds is 6. The molecule has 2 aromatic rings. The first-order valence-electron chi connectivity index (χ1n) is 8.23. The van der Waals surface area contributed by atoms with Gasteiger partial charge < -0.3 is 9.87 Å². The van der Waals surface area contributed by atoms with Crippen LogP contribution < -0.4 is 5.32 Å². The lowest BCUT2D eigenvalue weighted by atomic mass is 9.86. The quantitative estimate of drug-likeness (QED) is 0.753. The minimum atomic E-state index is -1.91. The number of hydrogen-bond acceptors (Lipinski definition) is 3. The van der Waals surface area contributed by atoms with Gasteiger partial charge in [0.25, 0.3) is 0 Å². The SMILES string of the molecule is CC(c1ccc(CC(=O)Nc2ccc(C(C)(C)C#N)cc2)cc1)S(=O)O. The number of carbonyl (C=O) groups excluding carboxylic acids is 1. The predicted octanol–water partition coefficient (Wildman–Crippen LogP) is 3.95. The number of nitriles is 1. The highest BCUT2D eigenvalue weighted by molar-refractivity contribution is 7.79. The van der Waals surface area contributed by atoms with Crippen LogP contribution in [0.4, 0.5) is 5.69 Å². The molecule has 2 N–H and O–H groups in total. The van der Waals surface area contributed by atoms with Crippen molar-refractivity contribution in [3.05, 3.63) is 65.2 Å². The number of hydrogen-bond donors (Lipinski definition) is 2. The number of nitrogens with one attached hydrogen (secondary N) is 1. The van der Waals surface area contributed by atoms with Crippen LogP contribution in [0.3, 0.4) is 0 Å². The molecule has 0 spiro atoms. The molecule has 0 heterocycles. The van der Waals surface area contributed by atoms with Crippen molar-refractivity contribution in [2.45, 2.75) is 37.9 Å². The van der Waals surface area contributed by atoms with Crippen molar-refractivity contribution in [1.29, 1.82) is 5.26 Å². The van der Waals surface area contributed by atoms with Gasteiger partial charge in [0.1, 0.15) is 0 Å². The zero-order chi connectivity index (χ0) is 19.3. The van der Waals surface area contributed by atoms with E-state index in [0.717, 1.165) is 16.7 Å². The summed E-state index contributed by atoms with van der Waals surface area (Å²) in [6, 6.07) is 16.6. The molecule has 0 aromatic heterocycles. The van der Waals surface area contributed by atoms with Crippen LogP contribution in [0.15, 0.2) is 48.5 Å². The molecule has 6 heteroatoms. The standard InChI is InChI=1S/C20H22N2O3S/c1-14(26(24)25)16-6-4-15(5-7-16)12-19(23)22-18-10-8-17(9-11-18)20(2,3)13-21/h4-11,14H,12H2,1-3H3,(H,22,23)(H,24,25). The second kappa shape index (κ2) is 8.26. The average molecular weight is 370 g/mol. The van der Waals surface area contributed by atoms with E-state index in [-0.39, 0.29) is 12.3 Å². The number of anilines is 1. The van der Waals surface area contributed by atoms with Gasteiger partial charge in [-0.3, -0.25) is 4.79 Å². The lowest BCUT2D eigenvalue weighted by Crippen LogP contribution is -2.16. The molecule has 136 valence electrons. The maximum atomic E-state index is 12.2. The Kier molecular flexibility index (Phi) is 6.30. The Balaban J connectivity index is 1.99. The molecular formula is C20H22N2O3S. The molecule has 0 saturated heterocycles. The van der Waals surface area contributed by atoms with Gasteiger partial charge in [-0.05, 0) is 49.6 Å². The number of nitrogens with zero attached hydrogens (tertiary/aromatic N) is 1. The van der Waals surface area contributed by atoms with Gasteiger partial charge in [0.15, 0.2) is 11.1 Å². The van der Waals surface area contributed by atoms with Gasteiger partial charge in [-0.15, -0.1) is 0 Å². The zero-order valence-corrected chi connectivity index (χ0v) is 15.8. The maximum Gasteiger partial charge on any atom is 0.228 e. The largest absolute Gasteiger partial charge is 0.326 e. The lowest BCUT2D eigenvalue weighted by Gasteiger charge is -2.16. The molecule has 0 saturated carbocycles. The highest BCUT2D eigenvalue weighted by atomic mass is 32.2. The molecule has 0 aliphatic carbocycles. The summed E-state index contributed by atoms with van der Waals surface area (Å²) in [5, 5.41) is 11.5. The first kappa shape index (κ1) is 19.8. The fraction of sp³-hybridized carbons (Fsp3) is 0.300. The van der Waals surface area contributed by atoms with E-state index in [2.05, 4.69) is 11.4 Å². The van der Waals surface area contributed by atoms with Gasteiger partial charge in [-0.2, -0.15) is 5.26 Å². The maximum absolute atomic E-state index is 12.2. The normalized spacial score (nSPS) is 13.5. The number of carbonyl (C=O) groups is 1. The van der Waals surface area contributed by atoms with Crippen LogP contribution in [0.2, 0.25) is 0 Å². The smallest absolute Gasteiger partial charge is 0.228 e. The summed E-state index contributed by atoms with van der Waals surface area (Å²) in [4.78, 5) is 12.2. The van der Waals surface area contributed by atoms with E-state index in [4.69, 9.17) is 9.81 Å². The Hall–Kier alpha value is -2.49. The summed E-state index contributed by atoms with van der Waals surface area (Å²) in [5.41, 5.74) is 2.58. The topological polar surface area (TPSA) is 90.2 Å². The second-order valence-corrected chi connectivity index (χ2v) is 7.96. The fourth-order valence-electron chi connectivity index (χ4n) is 2.45. The molecule has 0 radical (unpaired) electrons. The fourth-order valence-corrected chi connectivity index (χ4v) is 2.84. The summed E-state index contributed by atoms with van der Waals surface area (Å²) < 4.78 is 20.2. The Morgan fingerprint density at radius 3 is 2.27 bits per heavy atom. The van der Waals surface area contributed by atoms with Crippen LogP contribution in [0, 0.1) is 11.3 Å². The second-order valence-electron chi connectivity index (χ2n) is 6.70. The predicted molar refractivity (Wildman–Crippen MR) is 103 cm³/mol. The van der Waals surface area contributed by atoms with Crippen LogP contribution >= 0.6 is 0 Å². The van der Waals surface area contributed by atoms with E-state index >= 15 is 0 Å². The van der Waals surface area contributed by atoms with Crippen molar-refractivity contribution in [2.75, 3.05) is 5.32 Å². The van der Waals surface area contributed by atoms with Gasteiger partial charge in [-0.25, -0.2) is 4.21 Å². The molecule has 26 heavy (non-hydrogen) atoms. The molecule has 2 unspecified atom stereocenters. The summed E-state index contributed by atoms with van der Waals surface area (Å²) in [5.74, 6) is -0.149. The Morgan fingerprint density at radius 1 is 1.19 bits per heavy atom. The van der Waals surface area contributed by atoms with E-state index < -0.39 is 21.7 Å². The van der Waals surface area contributed by atoms with E-state index in [1.807, 2.05) is 26.0 Å². The van der Waals surface area contributed by atoms with Gasteiger partial charge in [0, 0.05) is 5.69 Å². The van der Waals surface area contributed by atoms with Crippen LogP contribution in [0.5, 0.6) is 0 Å². The van der Waals surface area contributed by atoms with E-state index in [1.165, 1.54) is 0 Å². The summed E-state index contributed by atoms with van der Waals surface area (Å²) in [7, 11) is 0. The van der Waals surface area contributed by atoms with Gasteiger partial charge in [0.2, 0.25) is 5.91 Å². The third-order valence-electron chi connectivity index (χ3n) is 4.29. The van der Waals surface area contributed by atoms with Crippen LogP contribution in [-0.4, -0.2) is 14.7 Å². The van der Waals surface area contributed by atoms with E-state index in [1.54, 1.807) is 43.3 Å². The minimum Gasteiger partial charge on any atom is -0.326 e. The van der Waals surface area contributed by atoms with Crippen molar-refractivity contribution in [1.82, 2.24) is 0 Å². The van der Waals surface area contributed by atoms with E-state index in [0.29, 0.717) is 5.69 Å². The average Bonchev–Trinajstić information content (AvgIpc) is 2.62. The molecule has 0 fully saturated rings.